The standard InChI is InChI=1S/C19H27ClO2/c1-18-8-6-15-14-5-3-13(21)10-12(14)2-4-16(15)17(18)7-9-19(18,22)11-20/h10,14-17,22H,2-9,11H2,1H3/t14-,15+,16+,17-,18-,19+/m0/s1. The Bertz CT molecular complexity index is 528. The summed E-state index contributed by atoms with van der Waals surface area (Å²) in [4.78, 5) is 11.7. The molecule has 0 aromatic heterocycles. The van der Waals surface area contributed by atoms with Gasteiger partial charge in [0, 0.05) is 11.8 Å². The molecule has 3 heteroatoms. The Balaban J connectivity index is 1.63. The molecule has 0 spiro atoms. The predicted molar refractivity (Wildman–Crippen MR) is 87.8 cm³/mol. The van der Waals surface area contributed by atoms with E-state index in [0.717, 1.165) is 50.4 Å². The summed E-state index contributed by atoms with van der Waals surface area (Å²) in [5, 5.41) is 11.0. The van der Waals surface area contributed by atoms with Crippen LogP contribution in [0.1, 0.15) is 58.3 Å². The average Bonchev–Trinajstić information content (AvgIpc) is 2.79. The van der Waals surface area contributed by atoms with Gasteiger partial charge in [0.05, 0.1) is 11.5 Å². The van der Waals surface area contributed by atoms with Crippen LogP contribution in [0.3, 0.4) is 0 Å². The summed E-state index contributed by atoms with van der Waals surface area (Å²) in [5.41, 5.74) is 0.775. The lowest BCUT2D eigenvalue weighted by molar-refractivity contribution is -0.117. The van der Waals surface area contributed by atoms with E-state index in [-0.39, 0.29) is 5.41 Å². The van der Waals surface area contributed by atoms with Crippen LogP contribution in [0, 0.1) is 29.1 Å². The minimum Gasteiger partial charge on any atom is -0.388 e. The molecule has 3 saturated carbocycles. The molecule has 0 bridgehead atoms. The third-order valence-corrected chi connectivity index (χ3v) is 8.28. The van der Waals surface area contributed by atoms with Gasteiger partial charge in [-0.05, 0) is 74.7 Å². The smallest absolute Gasteiger partial charge is 0.155 e. The SMILES string of the molecule is C[C@]12CC[C@H]3[C@@H](CCC4=CC(=O)CC[C@@H]43)[C@@H]1CC[C@@]2(O)CCl. The van der Waals surface area contributed by atoms with E-state index in [1.165, 1.54) is 18.4 Å². The third kappa shape index (κ3) is 1.92. The number of rotatable bonds is 1. The first-order chi connectivity index (χ1) is 10.5. The summed E-state index contributed by atoms with van der Waals surface area (Å²) in [6, 6.07) is 0. The molecule has 1 N–H and O–H groups in total. The maximum absolute atomic E-state index is 11.7. The topological polar surface area (TPSA) is 37.3 Å². The van der Waals surface area contributed by atoms with Gasteiger partial charge in [0.1, 0.15) is 0 Å². The predicted octanol–water partition coefficient (Wildman–Crippen LogP) is 4.10. The van der Waals surface area contributed by atoms with Crippen molar-refractivity contribution in [2.75, 3.05) is 5.88 Å². The van der Waals surface area contributed by atoms with Gasteiger partial charge in [0.15, 0.2) is 5.78 Å². The zero-order chi connectivity index (χ0) is 15.5. The molecule has 4 aliphatic rings. The number of alkyl halides is 1. The fourth-order valence-corrected chi connectivity index (χ4v) is 6.95. The molecule has 0 unspecified atom stereocenters. The Labute approximate surface area is 138 Å². The summed E-state index contributed by atoms with van der Waals surface area (Å²) in [7, 11) is 0. The molecule has 0 saturated heterocycles. The van der Waals surface area contributed by atoms with Crippen molar-refractivity contribution in [1.82, 2.24) is 0 Å². The maximum Gasteiger partial charge on any atom is 0.155 e. The van der Waals surface area contributed by atoms with Crippen molar-refractivity contribution in [2.45, 2.75) is 63.9 Å². The number of carbonyl (C=O) groups is 1. The van der Waals surface area contributed by atoms with Gasteiger partial charge >= 0.3 is 0 Å². The number of allylic oxidation sites excluding steroid dienone is 1. The van der Waals surface area contributed by atoms with Crippen molar-refractivity contribution in [3.63, 3.8) is 0 Å². The first-order valence-electron chi connectivity index (χ1n) is 9.00. The van der Waals surface area contributed by atoms with Crippen molar-refractivity contribution in [3.8, 4) is 0 Å². The van der Waals surface area contributed by atoms with Crippen LogP contribution in [0.4, 0.5) is 0 Å². The molecule has 3 fully saturated rings. The number of hydrogen-bond acceptors (Lipinski definition) is 2. The third-order valence-electron chi connectivity index (χ3n) is 7.84. The number of fused-ring (bicyclic) bond motifs is 5. The molecular weight excluding hydrogens is 296 g/mol. The first kappa shape index (κ1) is 15.2. The Morgan fingerprint density at radius 1 is 1.18 bits per heavy atom. The minimum absolute atomic E-state index is 0.00161. The highest BCUT2D eigenvalue weighted by molar-refractivity contribution is 6.18. The fraction of sp³-hybridized carbons (Fsp3) is 0.842. The molecule has 0 heterocycles. The second-order valence-corrected chi connectivity index (χ2v) is 8.73. The quantitative estimate of drug-likeness (QED) is 0.738. The van der Waals surface area contributed by atoms with Crippen LogP contribution in [0.15, 0.2) is 11.6 Å². The number of ketones is 1. The second-order valence-electron chi connectivity index (χ2n) is 8.46. The van der Waals surface area contributed by atoms with E-state index in [0.29, 0.717) is 23.5 Å². The number of hydrogen-bond donors (Lipinski definition) is 1. The molecule has 0 aromatic rings. The Morgan fingerprint density at radius 3 is 2.77 bits per heavy atom. The molecule has 0 radical (unpaired) electrons. The summed E-state index contributed by atoms with van der Waals surface area (Å²) < 4.78 is 0. The fourth-order valence-electron chi connectivity index (χ4n) is 6.51. The van der Waals surface area contributed by atoms with Crippen LogP contribution in [-0.2, 0) is 4.79 Å². The van der Waals surface area contributed by atoms with E-state index in [4.69, 9.17) is 11.6 Å². The normalized spacial score (nSPS) is 50.9. The van der Waals surface area contributed by atoms with E-state index in [9.17, 15) is 9.90 Å². The van der Waals surface area contributed by atoms with Crippen LogP contribution in [0.25, 0.3) is 0 Å². The Hall–Kier alpha value is -0.340. The van der Waals surface area contributed by atoms with Crippen molar-refractivity contribution in [2.24, 2.45) is 29.1 Å². The van der Waals surface area contributed by atoms with E-state index >= 15 is 0 Å². The van der Waals surface area contributed by atoms with Gasteiger partial charge in [-0.15, -0.1) is 11.6 Å². The van der Waals surface area contributed by atoms with E-state index in [1.54, 1.807) is 0 Å². The summed E-state index contributed by atoms with van der Waals surface area (Å²) in [6.07, 6.45) is 10.4. The van der Waals surface area contributed by atoms with Crippen LogP contribution < -0.4 is 0 Å². The summed E-state index contributed by atoms with van der Waals surface area (Å²) in [6.45, 7) is 2.29. The van der Waals surface area contributed by atoms with Gasteiger partial charge in [0.2, 0.25) is 0 Å². The molecule has 0 amide bonds. The molecule has 122 valence electrons. The lowest BCUT2D eigenvalue weighted by Gasteiger charge is -2.55. The molecule has 0 aromatic carbocycles. The number of aliphatic hydroxyl groups is 1. The Kier molecular flexibility index (Phi) is 3.51. The van der Waals surface area contributed by atoms with Crippen LogP contribution in [0.5, 0.6) is 0 Å². The van der Waals surface area contributed by atoms with Gasteiger partial charge in [-0.25, -0.2) is 0 Å². The monoisotopic (exact) mass is 322 g/mol. The molecule has 4 aliphatic carbocycles. The Morgan fingerprint density at radius 2 is 2.00 bits per heavy atom. The number of halogens is 1. The highest BCUT2D eigenvalue weighted by atomic mass is 35.5. The van der Waals surface area contributed by atoms with Gasteiger partial charge in [-0.1, -0.05) is 12.5 Å². The van der Waals surface area contributed by atoms with Gasteiger partial charge in [-0.3, -0.25) is 4.79 Å². The molecule has 4 rings (SSSR count). The van der Waals surface area contributed by atoms with Crippen molar-refractivity contribution >= 4 is 17.4 Å². The summed E-state index contributed by atoms with van der Waals surface area (Å²) in [5.74, 6) is 3.44. The zero-order valence-electron chi connectivity index (χ0n) is 13.5. The molecular formula is C19H27ClO2. The van der Waals surface area contributed by atoms with Crippen molar-refractivity contribution < 1.29 is 9.90 Å². The van der Waals surface area contributed by atoms with Crippen LogP contribution >= 0.6 is 11.6 Å². The lowest BCUT2D eigenvalue weighted by Crippen LogP contribution is -2.53. The van der Waals surface area contributed by atoms with Crippen LogP contribution in [0.2, 0.25) is 0 Å². The highest BCUT2D eigenvalue weighted by Gasteiger charge is 2.61. The largest absolute Gasteiger partial charge is 0.388 e. The zero-order valence-corrected chi connectivity index (χ0v) is 14.2. The molecule has 22 heavy (non-hydrogen) atoms. The highest BCUT2D eigenvalue weighted by Crippen LogP contribution is 2.64. The van der Waals surface area contributed by atoms with Gasteiger partial charge in [-0.2, -0.15) is 0 Å². The van der Waals surface area contributed by atoms with Crippen LogP contribution in [-0.4, -0.2) is 22.4 Å². The molecule has 6 atom stereocenters. The van der Waals surface area contributed by atoms with Crippen molar-refractivity contribution in [3.05, 3.63) is 11.6 Å². The van der Waals surface area contributed by atoms with Crippen molar-refractivity contribution in [1.29, 1.82) is 0 Å². The first-order valence-corrected chi connectivity index (χ1v) is 9.53. The molecule has 2 nitrogen and oxygen atoms in total. The summed E-state index contributed by atoms with van der Waals surface area (Å²) >= 11 is 6.16. The van der Waals surface area contributed by atoms with E-state index in [1.807, 2.05) is 6.08 Å². The number of carbonyl (C=O) groups excluding carboxylic acids is 1. The van der Waals surface area contributed by atoms with Gasteiger partial charge in [0.25, 0.3) is 0 Å². The minimum atomic E-state index is -0.664. The lowest BCUT2D eigenvalue weighted by atomic mass is 9.51. The second kappa shape index (κ2) is 5.08. The van der Waals surface area contributed by atoms with Gasteiger partial charge < -0.3 is 5.11 Å². The molecule has 0 aliphatic heterocycles. The average molecular weight is 323 g/mol. The maximum atomic E-state index is 11.7. The van der Waals surface area contributed by atoms with E-state index in [2.05, 4.69) is 6.92 Å². The van der Waals surface area contributed by atoms with E-state index < -0.39 is 5.60 Å².